The molecule has 4 heteroatoms. The van der Waals surface area contributed by atoms with E-state index in [-0.39, 0.29) is 6.54 Å². The molecule has 1 N–H and O–H groups in total. The molecule has 0 aliphatic heterocycles. The van der Waals surface area contributed by atoms with Gasteiger partial charge in [-0.3, -0.25) is 0 Å². The standard InChI is InChI=1S/C10H16N2O2/c1-4-5-9-11(3)8(2)6-12(9)7-10(13)14/h6H,4-5,7H2,1-3H3/p+1. The first-order valence-corrected chi connectivity index (χ1v) is 4.82. The highest BCUT2D eigenvalue weighted by Crippen LogP contribution is 2.02. The van der Waals surface area contributed by atoms with Crippen molar-refractivity contribution >= 4 is 5.97 Å². The second kappa shape index (κ2) is 4.26. The first-order chi connectivity index (χ1) is 6.56. The summed E-state index contributed by atoms with van der Waals surface area (Å²) in [6, 6.07) is 0. The van der Waals surface area contributed by atoms with Crippen molar-refractivity contribution in [3.63, 3.8) is 0 Å². The van der Waals surface area contributed by atoms with E-state index in [0.717, 1.165) is 24.4 Å². The van der Waals surface area contributed by atoms with E-state index in [1.54, 1.807) is 4.57 Å². The normalized spacial score (nSPS) is 10.5. The lowest BCUT2D eigenvalue weighted by Crippen LogP contribution is -2.40. The predicted octanol–water partition coefficient (Wildman–Crippen LogP) is 0.658. The summed E-state index contributed by atoms with van der Waals surface area (Å²) in [5, 5.41) is 8.73. The average molecular weight is 197 g/mol. The van der Waals surface area contributed by atoms with E-state index >= 15 is 0 Å². The van der Waals surface area contributed by atoms with E-state index < -0.39 is 5.97 Å². The van der Waals surface area contributed by atoms with Gasteiger partial charge < -0.3 is 5.11 Å². The van der Waals surface area contributed by atoms with Crippen molar-refractivity contribution in [2.75, 3.05) is 0 Å². The maximum Gasteiger partial charge on any atom is 0.346 e. The van der Waals surface area contributed by atoms with Crippen molar-refractivity contribution in [3.8, 4) is 0 Å². The molecule has 14 heavy (non-hydrogen) atoms. The molecular weight excluding hydrogens is 180 g/mol. The molecule has 0 aliphatic carbocycles. The summed E-state index contributed by atoms with van der Waals surface area (Å²) in [6.45, 7) is 4.13. The topological polar surface area (TPSA) is 46.1 Å². The van der Waals surface area contributed by atoms with Crippen LogP contribution in [0.15, 0.2) is 6.20 Å². The Morgan fingerprint density at radius 2 is 2.29 bits per heavy atom. The first-order valence-electron chi connectivity index (χ1n) is 4.82. The number of carbonyl (C=O) groups is 1. The second-order valence-corrected chi connectivity index (χ2v) is 3.52. The zero-order valence-corrected chi connectivity index (χ0v) is 8.95. The zero-order chi connectivity index (χ0) is 10.7. The van der Waals surface area contributed by atoms with Crippen LogP contribution in [-0.4, -0.2) is 15.6 Å². The maximum absolute atomic E-state index is 10.6. The van der Waals surface area contributed by atoms with Gasteiger partial charge in [-0.2, -0.15) is 0 Å². The average Bonchev–Trinajstić information content (AvgIpc) is 2.32. The molecule has 0 bridgehead atoms. The molecule has 1 rings (SSSR count). The highest BCUT2D eigenvalue weighted by Gasteiger charge is 2.18. The highest BCUT2D eigenvalue weighted by molar-refractivity contribution is 5.64. The fourth-order valence-electron chi connectivity index (χ4n) is 1.60. The van der Waals surface area contributed by atoms with Crippen LogP contribution in [0.5, 0.6) is 0 Å². The van der Waals surface area contributed by atoms with Crippen LogP contribution in [0.25, 0.3) is 0 Å². The molecule has 78 valence electrons. The molecule has 0 aliphatic rings. The summed E-state index contributed by atoms with van der Waals surface area (Å²) in [4.78, 5) is 10.6. The molecule has 0 saturated heterocycles. The Kier molecular flexibility index (Phi) is 3.28. The molecule has 0 aromatic carbocycles. The van der Waals surface area contributed by atoms with Crippen LogP contribution in [0.4, 0.5) is 0 Å². The van der Waals surface area contributed by atoms with Crippen LogP contribution < -0.4 is 4.57 Å². The van der Waals surface area contributed by atoms with E-state index in [1.807, 2.05) is 24.7 Å². The van der Waals surface area contributed by atoms with Crippen LogP contribution in [-0.2, 0) is 24.8 Å². The molecule has 0 spiro atoms. The number of hydrogen-bond donors (Lipinski definition) is 1. The lowest BCUT2D eigenvalue weighted by Gasteiger charge is -1.98. The minimum atomic E-state index is -0.794. The Balaban J connectivity index is 3.01. The van der Waals surface area contributed by atoms with Gasteiger partial charge in [0.2, 0.25) is 0 Å². The zero-order valence-electron chi connectivity index (χ0n) is 8.95. The van der Waals surface area contributed by atoms with Gasteiger partial charge in [-0.05, 0) is 6.42 Å². The van der Waals surface area contributed by atoms with Crippen molar-refractivity contribution in [3.05, 3.63) is 17.7 Å². The van der Waals surface area contributed by atoms with Gasteiger partial charge in [0.05, 0.1) is 7.05 Å². The Hall–Kier alpha value is -1.32. The Labute approximate surface area is 83.8 Å². The number of carboxylic acid groups (broad SMARTS) is 1. The largest absolute Gasteiger partial charge is 0.478 e. The van der Waals surface area contributed by atoms with Crippen LogP contribution in [0.3, 0.4) is 0 Å². The Morgan fingerprint density at radius 3 is 2.79 bits per heavy atom. The number of hydrogen-bond acceptors (Lipinski definition) is 1. The summed E-state index contributed by atoms with van der Waals surface area (Å²) < 4.78 is 3.85. The van der Waals surface area contributed by atoms with E-state index in [9.17, 15) is 4.79 Å². The van der Waals surface area contributed by atoms with Gasteiger partial charge >= 0.3 is 5.97 Å². The van der Waals surface area contributed by atoms with Gasteiger partial charge in [-0.25, -0.2) is 13.9 Å². The summed E-state index contributed by atoms with van der Waals surface area (Å²) in [5.41, 5.74) is 1.09. The third kappa shape index (κ3) is 2.13. The molecule has 1 aromatic heterocycles. The highest BCUT2D eigenvalue weighted by atomic mass is 16.4. The Morgan fingerprint density at radius 1 is 1.64 bits per heavy atom. The summed E-state index contributed by atoms with van der Waals surface area (Å²) in [7, 11) is 1.97. The Bertz CT molecular complexity index is 342. The van der Waals surface area contributed by atoms with Gasteiger partial charge in [0, 0.05) is 13.3 Å². The van der Waals surface area contributed by atoms with E-state index in [1.165, 1.54) is 0 Å². The smallest absolute Gasteiger partial charge is 0.346 e. The molecule has 1 heterocycles. The van der Waals surface area contributed by atoms with Gasteiger partial charge in [0.1, 0.15) is 11.9 Å². The fraction of sp³-hybridized carbons (Fsp3) is 0.600. The quantitative estimate of drug-likeness (QED) is 0.721. The fourth-order valence-corrected chi connectivity index (χ4v) is 1.60. The van der Waals surface area contributed by atoms with Crippen molar-refractivity contribution in [1.29, 1.82) is 0 Å². The van der Waals surface area contributed by atoms with E-state index in [0.29, 0.717) is 0 Å². The molecular formula is C10H17N2O2+. The van der Waals surface area contributed by atoms with Crippen LogP contribution in [0.1, 0.15) is 24.9 Å². The first kappa shape index (κ1) is 10.8. The monoisotopic (exact) mass is 197 g/mol. The van der Waals surface area contributed by atoms with Crippen LogP contribution in [0.2, 0.25) is 0 Å². The van der Waals surface area contributed by atoms with Crippen molar-refractivity contribution in [2.24, 2.45) is 7.05 Å². The molecule has 4 nitrogen and oxygen atoms in total. The van der Waals surface area contributed by atoms with Crippen LogP contribution >= 0.6 is 0 Å². The van der Waals surface area contributed by atoms with Crippen LogP contribution in [0, 0.1) is 6.92 Å². The van der Waals surface area contributed by atoms with E-state index in [4.69, 9.17) is 5.11 Å². The number of rotatable bonds is 4. The van der Waals surface area contributed by atoms with Gasteiger partial charge in [-0.1, -0.05) is 6.92 Å². The minimum absolute atomic E-state index is 0.0526. The second-order valence-electron chi connectivity index (χ2n) is 3.52. The van der Waals surface area contributed by atoms with Crippen molar-refractivity contribution < 1.29 is 14.5 Å². The third-order valence-corrected chi connectivity index (χ3v) is 2.37. The molecule has 0 unspecified atom stereocenters. The van der Waals surface area contributed by atoms with E-state index in [2.05, 4.69) is 6.92 Å². The number of aromatic nitrogens is 2. The van der Waals surface area contributed by atoms with Gasteiger partial charge in [0.25, 0.3) is 5.82 Å². The van der Waals surface area contributed by atoms with Gasteiger partial charge in [0.15, 0.2) is 6.54 Å². The minimum Gasteiger partial charge on any atom is -0.478 e. The number of nitrogens with zero attached hydrogens (tertiary/aromatic N) is 2. The number of imidazole rings is 1. The summed E-state index contributed by atoms with van der Waals surface area (Å²) in [5.74, 6) is 0.283. The molecule has 0 saturated carbocycles. The number of carboxylic acids is 1. The maximum atomic E-state index is 10.6. The lowest BCUT2D eigenvalue weighted by molar-refractivity contribution is -0.692. The number of aliphatic carboxylic acids is 1. The van der Waals surface area contributed by atoms with Crippen molar-refractivity contribution in [1.82, 2.24) is 4.57 Å². The number of aryl methyl sites for hydroxylation is 1. The van der Waals surface area contributed by atoms with Crippen molar-refractivity contribution in [2.45, 2.75) is 33.2 Å². The molecule has 0 fully saturated rings. The SMILES string of the molecule is CCCc1n(C)c(C)c[n+]1CC(=O)O. The summed E-state index contributed by atoms with van der Waals surface area (Å²) in [6.07, 6.45) is 3.83. The predicted molar refractivity (Wildman–Crippen MR) is 52.0 cm³/mol. The summed E-state index contributed by atoms with van der Waals surface area (Å²) >= 11 is 0. The van der Waals surface area contributed by atoms with Gasteiger partial charge in [-0.15, -0.1) is 0 Å². The molecule has 0 radical (unpaired) electrons. The third-order valence-electron chi connectivity index (χ3n) is 2.37. The molecule has 1 aromatic rings. The molecule has 0 atom stereocenters. The lowest BCUT2D eigenvalue weighted by atomic mass is 10.3. The molecule has 0 amide bonds.